The topological polar surface area (TPSA) is 84.9 Å². The molecule has 30 heavy (non-hydrogen) atoms. The van der Waals surface area contributed by atoms with E-state index < -0.39 is 17.8 Å². The van der Waals surface area contributed by atoms with Gasteiger partial charge >= 0.3 is 6.03 Å². The highest BCUT2D eigenvalue weighted by atomic mass is 35.5. The van der Waals surface area contributed by atoms with Crippen molar-refractivity contribution < 1.29 is 23.9 Å². The quantitative estimate of drug-likeness (QED) is 0.431. The highest BCUT2D eigenvalue weighted by Gasteiger charge is 2.36. The zero-order valence-corrected chi connectivity index (χ0v) is 17.1. The number of terminal acetylenes is 1. The van der Waals surface area contributed by atoms with Gasteiger partial charge in [0.05, 0.1) is 22.8 Å². The summed E-state index contributed by atoms with van der Waals surface area (Å²) in [6.07, 6.45) is 6.44. The Balaban J connectivity index is 1.97. The lowest BCUT2D eigenvalue weighted by Crippen LogP contribution is -2.54. The zero-order chi connectivity index (χ0) is 21.8. The summed E-state index contributed by atoms with van der Waals surface area (Å²) in [5.74, 6) is 1.40. The number of carbonyl (C=O) groups excluding carboxylic acids is 3. The minimum absolute atomic E-state index is 0.0281. The Hall–Kier alpha value is -3.47. The van der Waals surface area contributed by atoms with Gasteiger partial charge in [-0.1, -0.05) is 29.1 Å². The summed E-state index contributed by atoms with van der Waals surface area (Å²) in [7, 11) is 1.49. The number of halogens is 2. The maximum Gasteiger partial charge on any atom is 0.335 e. The molecule has 1 saturated heterocycles. The molecule has 1 fully saturated rings. The van der Waals surface area contributed by atoms with Gasteiger partial charge in [0.2, 0.25) is 0 Å². The Kier molecular flexibility index (Phi) is 6.31. The number of urea groups is 1. The number of hydrogen-bond acceptors (Lipinski definition) is 5. The number of nitrogens with zero attached hydrogens (tertiary/aromatic N) is 1. The molecule has 7 nitrogen and oxygen atoms in total. The number of ether oxygens (including phenoxy) is 2. The third-order valence-corrected chi connectivity index (χ3v) is 4.63. The summed E-state index contributed by atoms with van der Waals surface area (Å²) in [4.78, 5) is 38.3. The molecule has 1 heterocycles. The van der Waals surface area contributed by atoms with Crippen molar-refractivity contribution in [2.45, 2.75) is 0 Å². The minimum atomic E-state index is -0.860. The van der Waals surface area contributed by atoms with Gasteiger partial charge in [0.25, 0.3) is 11.8 Å². The fraction of sp³-hybridized carbons (Fsp3) is 0.0952. The number of imide groups is 2. The SMILES string of the molecule is C#CCOc1c(Cl)cc(/C=C2\C(=O)NC(=O)N(c3ccc(OC)cc3)C2=O)cc1Cl. The van der Waals surface area contributed by atoms with E-state index in [9.17, 15) is 14.4 Å². The van der Waals surface area contributed by atoms with Gasteiger partial charge in [-0.3, -0.25) is 14.9 Å². The van der Waals surface area contributed by atoms with Crippen molar-refractivity contribution in [3.05, 3.63) is 57.6 Å². The van der Waals surface area contributed by atoms with Crippen LogP contribution < -0.4 is 19.7 Å². The van der Waals surface area contributed by atoms with Gasteiger partial charge < -0.3 is 9.47 Å². The van der Waals surface area contributed by atoms with Crippen molar-refractivity contribution in [1.29, 1.82) is 0 Å². The largest absolute Gasteiger partial charge is 0.497 e. The van der Waals surface area contributed by atoms with Crippen LogP contribution in [0.15, 0.2) is 42.0 Å². The Bertz CT molecular complexity index is 1080. The van der Waals surface area contributed by atoms with E-state index in [2.05, 4.69) is 11.2 Å². The summed E-state index contributed by atoms with van der Waals surface area (Å²) in [5, 5.41) is 2.44. The average molecular weight is 445 g/mol. The molecule has 0 aromatic heterocycles. The molecule has 0 atom stereocenters. The van der Waals surface area contributed by atoms with Gasteiger partial charge in [-0.25, -0.2) is 9.69 Å². The van der Waals surface area contributed by atoms with Crippen molar-refractivity contribution in [2.24, 2.45) is 0 Å². The molecule has 0 spiro atoms. The van der Waals surface area contributed by atoms with Gasteiger partial charge in [0, 0.05) is 0 Å². The minimum Gasteiger partial charge on any atom is -0.497 e. The van der Waals surface area contributed by atoms with E-state index in [0.717, 1.165) is 4.90 Å². The number of methoxy groups -OCH3 is 1. The molecule has 0 bridgehead atoms. The summed E-state index contributed by atoms with van der Waals surface area (Å²) >= 11 is 12.3. The maximum absolute atomic E-state index is 12.9. The first-order valence-corrected chi connectivity index (χ1v) is 9.22. The monoisotopic (exact) mass is 444 g/mol. The predicted octanol–water partition coefficient (Wildman–Crippen LogP) is 3.68. The van der Waals surface area contributed by atoms with E-state index in [0.29, 0.717) is 11.3 Å². The first-order chi connectivity index (χ1) is 14.3. The van der Waals surface area contributed by atoms with Crippen molar-refractivity contribution in [3.8, 4) is 23.8 Å². The number of hydrogen-bond donors (Lipinski definition) is 1. The van der Waals surface area contributed by atoms with E-state index in [1.165, 1.54) is 37.5 Å². The van der Waals surface area contributed by atoms with Crippen LogP contribution in [-0.2, 0) is 9.59 Å². The Morgan fingerprint density at radius 1 is 1.13 bits per heavy atom. The second kappa shape index (κ2) is 8.91. The van der Waals surface area contributed by atoms with Gasteiger partial charge in [0.1, 0.15) is 17.9 Å². The Morgan fingerprint density at radius 3 is 2.33 bits per heavy atom. The molecule has 1 aliphatic rings. The second-order valence-corrected chi connectivity index (χ2v) is 6.78. The fourth-order valence-electron chi connectivity index (χ4n) is 2.70. The lowest BCUT2D eigenvalue weighted by atomic mass is 10.1. The van der Waals surface area contributed by atoms with Crippen molar-refractivity contribution in [2.75, 3.05) is 18.6 Å². The van der Waals surface area contributed by atoms with Crippen LogP contribution in [0.2, 0.25) is 10.0 Å². The molecule has 0 saturated carbocycles. The lowest BCUT2D eigenvalue weighted by molar-refractivity contribution is -0.122. The van der Waals surface area contributed by atoms with Crippen molar-refractivity contribution in [3.63, 3.8) is 0 Å². The van der Waals surface area contributed by atoms with Crippen LogP contribution in [0.4, 0.5) is 10.5 Å². The molecule has 9 heteroatoms. The molecular formula is C21H14Cl2N2O5. The fourth-order valence-corrected chi connectivity index (χ4v) is 3.32. The molecule has 0 unspecified atom stereocenters. The first-order valence-electron chi connectivity index (χ1n) is 8.46. The van der Waals surface area contributed by atoms with Crippen LogP contribution in [0, 0.1) is 12.3 Å². The number of barbiturate groups is 1. The Labute approximate surface area is 182 Å². The van der Waals surface area contributed by atoms with E-state index in [4.69, 9.17) is 39.1 Å². The molecule has 152 valence electrons. The van der Waals surface area contributed by atoms with Crippen LogP contribution in [0.25, 0.3) is 6.08 Å². The van der Waals surface area contributed by atoms with E-state index in [-0.39, 0.29) is 33.7 Å². The highest BCUT2D eigenvalue weighted by molar-refractivity contribution is 6.40. The molecule has 4 amide bonds. The van der Waals surface area contributed by atoms with Gasteiger partial charge in [0.15, 0.2) is 5.75 Å². The normalized spacial score (nSPS) is 15.1. The van der Waals surface area contributed by atoms with Gasteiger partial charge in [-0.05, 0) is 48.0 Å². The zero-order valence-electron chi connectivity index (χ0n) is 15.6. The second-order valence-electron chi connectivity index (χ2n) is 5.96. The molecule has 0 aliphatic carbocycles. The molecule has 0 radical (unpaired) electrons. The standard InChI is InChI=1S/C21H14Cl2N2O5/c1-3-8-30-18-16(22)10-12(11-17(18)23)9-15-19(26)24-21(28)25(20(15)27)13-4-6-14(29-2)7-5-13/h1,4-7,9-11H,8H2,2H3,(H,24,26,28)/b15-9+. The lowest BCUT2D eigenvalue weighted by Gasteiger charge is -2.26. The van der Waals surface area contributed by atoms with E-state index in [1.54, 1.807) is 12.1 Å². The van der Waals surface area contributed by atoms with E-state index >= 15 is 0 Å². The van der Waals surface area contributed by atoms with Crippen LogP contribution >= 0.6 is 23.2 Å². The van der Waals surface area contributed by atoms with E-state index in [1.807, 2.05) is 0 Å². The number of anilines is 1. The molecule has 1 N–H and O–H groups in total. The molecule has 2 aromatic rings. The predicted molar refractivity (Wildman–Crippen MR) is 113 cm³/mol. The third-order valence-electron chi connectivity index (χ3n) is 4.06. The highest BCUT2D eigenvalue weighted by Crippen LogP contribution is 2.35. The number of benzene rings is 2. The summed E-state index contributed by atoms with van der Waals surface area (Å²) in [5.41, 5.74) is 0.362. The molecule has 1 aliphatic heterocycles. The smallest absolute Gasteiger partial charge is 0.335 e. The van der Waals surface area contributed by atoms with Gasteiger partial charge in [-0.2, -0.15) is 0 Å². The van der Waals surface area contributed by atoms with Crippen LogP contribution in [-0.4, -0.2) is 31.6 Å². The summed E-state index contributed by atoms with van der Waals surface area (Å²) in [6.45, 7) is -0.0281. The number of carbonyl (C=O) groups is 3. The van der Waals surface area contributed by atoms with Gasteiger partial charge in [-0.15, -0.1) is 6.42 Å². The summed E-state index contributed by atoms with van der Waals surface area (Å²) < 4.78 is 10.4. The molecule has 2 aromatic carbocycles. The third kappa shape index (κ3) is 4.25. The maximum atomic E-state index is 12.9. The van der Waals surface area contributed by atoms with Crippen LogP contribution in [0.1, 0.15) is 5.56 Å². The number of nitrogens with one attached hydrogen (secondary N) is 1. The number of rotatable bonds is 5. The summed E-state index contributed by atoms with van der Waals surface area (Å²) in [6, 6.07) is 8.28. The number of amides is 4. The van der Waals surface area contributed by atoms with Crippen LogP contribution in [0.3, 0.4) is 0 Å². The first kappa shape index (κ1) is 21.2. The van der Waals surface area contributed by atoms with Crippen molar-refractivity contribution in [1.82, 2.24) is 5.32 Å². The van der Waals surface area contributed by atoms with Crippen molar-refractivity contribution >= 4 is 52.8 Å². The Morgan fingerprint density at radius 2 is 1.77 bits per heavy atom. The molecule has 3 rings (SSSR count). The van der Waals surface area contributed by atoms with Crippen LogP contribution in [0.5, 0.6) is 11.5 Å². The molecular weight excluding hydrogens is 431 g/mol. The average Bonchev–Trinajstić information content (AvgIpc) is 2.71.